The lowest BCUT2D eigenvalue weighted by Gasteiger charge is -2.09. The summed E-state index contributed by atoms with van der Waals surface area (Å²) in [5.41, 5.74) is 5.40. The minimum Gasteiger partial charge on any atom is -0.368 e. The number of carbonyl (C=O) groups is 1. The van der Waals surface area contributed by atoms with Gasteiger partial charge in [-0.05, 0) is 19.1 Å². The van der Waals surface area contributed by atoms with Crippen LogP contribution in [0.5, 0.6) is 0 Å². The molecule has 0 aliphatic carbocycles. The molecule has 0 unspecified atom stereocenters. The van der Waals surface area contributed by atoms with E-state index in [4.69, 9.17) is 17.3 Å². The number of aromatic amines is 1. The molecule has 2 heterocycles. The number of halogens is 1. The number of nitrogen functional groups attached to an aromatic ring is 1. The van der Waals surface area contributed by atoms with Crippen molar-refractivity contribution >= 4 is 41.0 Å². The van der Waals surface area contributed by atoms with E-state index in [1.807, 2.05) is 0 Å². The number of pyridine rings is 1. The molecule has 0 spiro atoms. The van der Waals surface area contributed by atoms with E-state index in [9.17, 15) is 4.79 Å². The highest BCUT2D eigenvalue weighted by molar-refractivity contribution is 8.00. The van der Waals surface area contributed by atoms with Gasteiger partial charge >= 0.3 is 0 Å². The molecule has 9 heteroatoms. The maximum atomic E-state index is 11.9. The Balaban J connectivity index is 1.94. The summed E-state index contributed by atoms with van der Waals surface area (Å²) in [6.45, 7) is 1.74. The number of nitrogens with two attached hydrogens (primary N) is 1. The third-order valence-electron chi connectivity index (χ3n) is 2.11. The van der Waals surface area contributed by atoms with Crippen molar-refractivity contribution in [3.63, 3.8) is 0 Å². The van der Waals surface area contributed by atoms with Gasteiger partial charge in [-0.1, -0.05) is 23.4 Å². The summed E-state index contributed by atoms with van der Waals surface area (Å²) in [5.74, 6) is 0.453. The quantitative estimate of drug-likeness (QED) is 0.739. The van der Waals surface area contributed by atoms with Crippen molar-refractivity contribution in [3.05, 3.63) is 23.4 Å². The molecule has 0 radical (unpaired) electrons. The van der Waals surface area contributed by atoms with Crippen molar-refractivity contribution in [2.45, 2.75) is 17.3 Å². The van der Waals surface area contributed by atoms with Crippen LogP contribution in [-0.4, -0.2) is 31.3 Å². The van der Waals surface area contributed by atoms with Gasteiger partial charge in [0.25, 0.3) is 0 Å². The summed E-state index contributed by atoms with van der Waals surface area (Å²) < 4.78 is 0. The lowest BCUT2D eigenvalue weighted by atomic mass is 10.4. The largest absolute Gasteiger partial charge is 0.368 e. The van der Waals surface area contributed by atoms with Gasteiger partial charge in [0.05, 0.1) is 10.3 Å². The Morgan fingerprint density at radius 3 is 2.95 bits per heavy atom. The van der Waals surface area contributed by atoms with E-state index in [1.165, 1.54) is 18.0 Å². The molecular formula is C10H11ClN6OS. The second-order valence-electron chi connectivity index (χ2n) is 3.61. The van der Waals surface area contributed by atoms with Gasteiger partial charge < -0.3 is 11.1 Å². The zero-order valence-corrected chi connectivity index (χ0v) is 11.5. The summed E-state index contributed by atoms with van der Waals surface area (Å²) in [6.07, 6.45) is 1.46. The lowest BCUT2D eigenvalue weighted by Crippen LogP contribution is -2.23. The lowest BCUT2D eigenvalue weighted by molar-refractivity contribution is -0.115. The third-order valence-corrected chi connectivity index (χ3v) is 3.30. The Kier molecular flexibility index (Phi) is 4.23. The van der Waals surface area contributed by atoms with Crippen LogP contribution in [0, 0.1) is 0 Å². The first-order valence-electron chi connectivity index (χ1n) is 5.31. The Bertz CT molecular complexity index is 572. The zero-order valence-electron chi connectivity index (χ0n) is 9.92. The smallest absolute Gasteiger partial charge is 0.238 e. The molecule has 7 nitrogen and oxygen atoms in total. The van der Waals surface area contributed by atoms with Gasteiger partial charge in [0.15, 0.2) is 0 Å². The number of aromatic nitrogens is 4. The number of anilines is 2. The molecule has 100 valence electrons. The molecule has 4 N–H and O–H groups in total. The maximum absolute atomic E-state index is 11.9. The van der Waals surface area contributed by atoms with Crippen LogP contribution in [0.4, 0.5) is 11.8 Å². The minimum absolute atomic E-state index is 0.205. The van der Waals surface area contributed by atoms with E-state index in [2.05, 4.69) is 25.5 Å². The standard InChI is InChI=1S/C10H11ClN6OS/c1-5(19-10-15-9(12)16-17-10)8(18)14-7-3-2-6(11)4-13-7/h2-5H,1H3,(H,13,14,18)(H3,12,15,16,17)/t5-/m0/s1. The van der Waals surface area contributed by atoms with Crippen molar-refractivity contribution in [1.82, 2.24) is 20.2 Å². The second kappa shape index (κ2) is 5.89. The van der Waals surface area contributed by atoms with Crippen LogP contribution in [0.2, 0.25) is 5.02 Å². The summed E-state index contributed by atoms with van der Waals surface area (Å²) in [4.78, 5) is 19.8. The van der Waals surface area contributed by atoms with E-state index >= 15 is 0 Å². The molecule has 2 rings (SSSR count). The molecule has 0 aliphatic rings. The molecule has 0 saturated heterocycles. The average Bonchev–Trinajstić information content (AvgIpc) is 2.77. The summed E-state index contributed by atoms with van der Waals surface area (Å²) in [7, 11) is 0. The normalized spacial score (nSPS) is 12.1. The van der Waals surface area contributed by atoms with E-state index in [0.29, 0.717) is 16.0 Å². The number of H-pyrrole nitrogens is 1. The molecule has 2 aromatic heterocycles. The fourth-order valence-electron chi connectivity index (χ4n) is 1.20. The first kappa shape index (κ1) is 13.6. The minimum atomic E-state index is -0.382. The highest BCUT2D eigenvalue weighted by Crippen LogP contribution is 2.20. The van der Waals surface area contributed by atoms with E-state index in [-0.39, 0.29) is 17.1 Å². The van der Waals surface area contributed by atoms with Crippen LogP contribution in [-0.2, 0) is 4.79 Å². The van der Waals surface area contributed by atoms with Crippen LogP contribution >= 0.6 is 23.4 Å². The van der Waals surface area contributed by atoms with Gasteiger partial charge in [0, 0.05) is 6.20 Å². The third kappa shape index (κ3) is 3.83. The molecule has 1 amide bonds. The first-order valence-corrected chi connectivity index (χ1v) is 6.57. The van der Waals surface area contributed by atoms with Gasteiger partial charge in [0.2, 0.25) is 17.0 Å². The van der Waals surface area contributed by atoms with Crippen LogP contribution in [0.25, 0.3) is 0 Å². The highest BCUT2D eigenvalue weighted by atomic mass is 35.5. The Labute approximate surface area is 118 Å². The van der Waals surface area contributed by atoms with Gasteiger partial charge in [-0.25, -0.2) is 10.1 Å². The van der Waals surface area contributed by atoms with E-state index < -0.39 is 0 Å². The van der Waals surface area contributed by atoms with Crippen LogP contribution in [0.15, 0.2) is 23.5 Å². The zero-order chi connectivity index (χ0) is 13.8. The average molecular weight is 299 g/mol. The van der Waals surface area contributed by atoms with Crippen molar-refractivity contribution in [2.75, 3.05) is 11.1 Å². The molecule has 0 aromatic carbocycles. The molecular weight excluding hydrogens is 288 g/mol. The Morgan fingerprint density at radius 2 is 2.37 bits per heavy atom. The van der Waals surface area contributed by atoms with Gasteiger partial charge in [-0.2, -0.15) is 4.98 Å². The summed E-state index contributed by atoms with van der Waals surface area (Å²) in [5, 5.41) is 9.57. The van der Waals surface area contributed by atoms with Gasteiger partial charge in [-0.15, -0.1) is 5.10 Å². The van der Waals surface area contributed by atoms with E-state index in [0.717, 1.165) is 0 Å². The number of carbonyl (C=O) groups excluding carboxylic acids is 1. The number of rotatable bonds is 4. The number of hydrogen-bond acceptors (Lipinski definition) is 6. The molecule has 1 atom stereocenters. The second-order valence-corrected chi connectivity index (χ2v) is 5.36. The number of thioether (sulfide) groups is 1. The van der Waals surface area contributed by atoms with Crippen LogP contribution < -0.4 is 11.1 Å². The fourth-order valence-corrected chi connectivity index (χ4v) is 2.04. The maximum Gasteiger partial charge on any atom is 0.238 e. The van der Waals surface area contributed by atoms with Crippen molar-refractivity contribution in [3.8, 4) is 0 Å². The Hall–Kier alpha value is -1.80. The Morgan fingerprint density at radius 1 is 1.58 bits per heavy atom. The predicted octanol–water partition coefficient (Wildman–Crippen LogP) is 1.55. The number of hydrogen-bond donors (Lipinski definition) is 3. The number of nitrogens with zero attached hydrogens (tertiary/aromatic N) is 3. The van der Waals surface area contributed by atoms with Crippen LogP contribution in [0.3, 0.4) is 0 Å². The predicted molar refractivity (Wildman–Crippen MR) is 74.0 cm³/mol. The van der Waals surface area contributed by atoms with Crippen LogP contribution in [0.1, 0.15) is 6.92 Å². The number of nitrogens with one attached hydrogen (secondary N) is 2. The van der Waals surface area contributed by atoms with Gasteiger partial charge in [0.1, 0.15) is 5.82 Å². The molecule has 0 fully saturated rings. The van der Waals surface area contributed by atoms with Crippen molar-refractivity contribution < 1.29 is 4.79 Å². The molecule has 0 aliphatic heterocycles. The monoisotopic (exact) mass is 298 g/mol. The topological polar surface area (TPSA) is 110 Å². The molecule has 0 bridgehead atoms. The summed E-state index contributed by atoms with van der Waals surface area (Å²) >= 11 is 6.90. The van der Waals surface area contributed by atoms with Crippen molar-refractivity contribution in [2.24, 2.45) is 0 Å². The molecule has 2 aromatic rings. The van der Waals surface area contributed by atoms with Gasteiger partial charge in [-0.3, -0.25) is 4.79 Å². The molecule has 19 heavy (non-hydrogen) atoms. The van der Waals surface area contributed by atoms with E-state index in [1.54, 1.807) is 19.1 Å². The SMILES string of the molecule is C[C@H](Sc1n[nH]c(N)n1)C(=O)Nc1ccc(Cl)cn1. The molecule has 0 saturated carbocycles. The summed E-state index contributed by atoms with van der Waals surface area (Å²) in [6, 6.07) is 3.28. The first-order chi connectivity index (χ1) is 9.04. The number of amides is 1. The van der Waals surface area contributed by atoms with Crippen molar-refractivity contribution in [1.29, 1.82) is 0 Å². The highest BCUT2D eigenvalue weighted by Gasteiger charge is 2.17. The fraction of sp³-hybridized carbons (Fsp3) is 0.200.